The molecule has 1 aromatic rings. The summed E-state index contributed by atoms with van der Waals surface area (Å²) in [5.41, 5.74) is 6.52. The molecule has 1 heterocycles. The average molecular weight is 238 g/mol. The van der Waals surface area contributed by atoms with Gasteiger partial charge in [0.15, 0.2) is 0 Å². The van der Waals surface area contributed by atoms with Crippen molar-refractivity contribution in [3.63, 3.8) is 0 Å². The summed E-state index contributed by atoms with van der Waals surface area (Å²) in [5, 5.41) is 11.9. The smallest absolute Gasteiger partial charge is 0.223 e. The molecule has 1 fully saturated rings. The Kier molecular flexibility index (Phi) is 3.75. The zero-order valence-electron chi connectivity index (χ0n) is 9.67. The first kappa shape index (κ1) is 12.1. The second kappa shape index (κ2) is 5.29. The fraction of sp³-hybridized carbons (Fsp3) is 0.636. The molecule has 0 radical (unpaired) electrons. The number of nitrogens with zero attached hydrogens (tertiary/aromatic N) is 2. The molecule has 1 amide bonds. The summed E-state index contributed by atoms with van der Waals surface area (Å²) < 4.78 is 1.86. The van der Waals surface area contributed by atoms with Gasteiger partial charge in [0.2, 0.25) is 5.91 Å². The molecule has 2 rings (SSSR count). The van der Waals surface area contributed by atoms with Crippen LogP contribution >= 0.6 is 0 Å². The number of amides is 1. The van der Waals surface area contributed by atoms with E-state index in [9.17, 15) is 4.79 Å². The second-order valence-corrected chi connectivity index (χ2v) is 4.37. The van der Waals surface area contributed by atoms with Crippen LogP contribution < -0.4 is 11.1 Å². The first-order valence-electron chi connectivity index (χ1n) is 5.86. The Labute approximate surface area is 99.8 Å². The minimum Gasteiger partial charge on any atom is -0.394 e. The van der Waals surface area contributed by atoms with Gasteiger partial charge in [-0.1, -0.05) is 0 Å². The van der Waals surface area contributed by atoms with Gasteiger partial charge in [-0.25, -0.2) is 4.98 Å². The van der Waals surface area contributed by atoms with E-state index >= 15 is 0 Å². The van der Waals surface area contributed by atoms with Gasteiger partial charge in [0, 0.05) is 25.2 Å². The van der Waals surface area contributed by atoms with Crippen LogP contribution in [0.1, 0.15) is 24.6 Å². The summed E-state index contributed by atoms with van der Waals surface area (Å²) in [5.74, 6) is 0.370. The van der Waals surface area contributed by atoms with Gasteiger partial charge in [0.05, 0.1) is 24.7 Å². The zero-order valence-corrected chi connectivity index (χ0v) is 9.67. The number of rotatable bonds is 6. The standard InChI is InChI=1S/C11H18N4O2/c12-9(6-16)10-5-13-7-15(10)4-3-14-11(17)8-1-2-8/h5,7-9,16H,1-4,6,12H2,(H,14,17). The summed E-state index contributed by atoms with van der Waals surface area (Å²) >= 11 is 0. The Morgan fingerprint density at radius 1 is 1.71 bits per heavy atom. The third-order valence-electron chi connectivity index (χ3n) is 2.92. The van der Waals surface area contributed by atoms with Gasteiger partial charge in [-0.3, -0.25) is 4.79 Å². The zero-order chi connectivity index (χ0) is 12.3. The lowest BCUT2D eigenvalue weighted by atomic mass is 10.2. The van der Waals surface area contributed by atoms with E-state index < -0.39 is 6.04 Å². The van der Waals surface area contributed by atoms with Crippen molar-refractivity contribution < 1.29 is 9.90 Å². The number of aromatic nitrogens is 2. The molecule has 1 atom stereocenters. The van der Waals surface area contributed by atoms with Gasteiger partial charge >= 0.3 is 0 Å². The van der Waals surface area contributed by atoms with Crippen molar-refractivity contribution in [1.82, 2.24) is 14.9 Å². The minimum atomic E-state index is -0.420. The molecule has 1 aliphatic carbocycles. The summed E-state index contributed by atoms with van der Waals surface area (Å²) in [6.45, 7) is 1.08. The van der Waals surface area contributed by atoms with Crippen LogP contribution in [0.25, 0.3) is 0 Å². The first-order valence-corrected chi connectivity index (χ1v) is 5.86. The van der Waals surface area contributed by atoms with Crippen LogP contribution in [0, 0.1) is 5.92 Å². The molecule has 0 saturated heterocycles. The van der Waals surface area contributed by atoms with Crippen molar-refractivity contribution in [1.29, 1.82) is 0 Å². The highest BCUT2D eigenvalue weighted by molar-refractivity contribution is 5.80. The molecule has 0 aliphatic heterocycles. The van der Waals surface area contributed by atoms with Crippen LogP contribution in [0.3, 0.4) is 0 Å². The van der Waals surface area contributed by atoms with Crippen molar-refractivity contribution in [3.8, 4) is 0 Å². The maximum Gasteiger partial charge on any atom is 0.223 e. The number of imidazole rings is 1. The van der Waals surface area contributed by atoms with Gasteiger partial charge in [-0.2, -0.15) is 0 Å². The summed E-state index contributed by atoms with van der Waals surface area (Å²) in [7, 11) is 0. The largest absolute Gasteiger partial charge is 0.394 e. The molecule has 0 aromatic carbocycles. The lowest BCUT2D eigenvalue weighted by Crippen LogP contribution is -2.29. The van der Waals surface area contributed by atoms with Crippen LogP contribution in [0.5, 0.6) is 0 Å². The first-order chi connectivity index (χ1) is 8.22. The molecular formula is C11H18N4O2. The molecule has 1 aromatic heterocycles. The Morgan fingerprint density at radius 3 is 3.12 bits per heavy atom. The molecule has 6 heteroatoms. The van der Waals surface area contributed by atoms with E-state index in [2.05, 4.69) is 10.3 Å². The second-order valence-electron chi connectivity index (χ2n) is 4.37. The molecule has 1 aliphatic rings. The number of carbonyl (C=O) groups is 1. The highest BCUT2D eigenvalue weighted by Gasteiger charge is 2.29. The highest BCUT2D eigenvalue weighted by atomic mass is 16.3. The summed E-state index contributed by atoms with van der Waals surface area (Å²) in [4.78, 5) is 15.4. The Bertz CT molecular complexity index is 387. The molecule has 0 spiro atoms. The number of nitrogens with one attached hydrogen (secondary N) is 1. The highest BCUT2D eigenvalue weighted by Crippen LogP contribution is 2.28. The minimum absolute atomic E-state index is 0.111. The van der Waals surface area contributed by atoms with E-state index in [1.165, 1.54) is 0 Å². The van der Waals surface area contributed by atoms with Gasteiger partial charge in [-0.05, 0) is 12.8 Å². The Balaban J connectivity index is 1.81. The number of nitrogens with two attached hydrogens (primary N) is 1. The fourth-order valence-corrected chi connectivity index (χ4v) is 1.71. The number of hydrogen-bond acceptors (Lipinski definition) is 4. The van der Waals surface area contributed by atoms with Crippen molar-refractivity contribution in [3.05, 3.63) is 18.2 Å². The predicted molar refractivity (Wildman–Crippen MR) is 62.0 cm³/mol. The fourth-order valence-electron chi connectivity index (χ4n) is 1.71. The van der Waals surface area contributed by atoms with Gasteiger partial charge in [-0.15, -0.1) is 0 Å². The molecule has 6 nitrogen and oxygen atoms in total. The van der Waals surface area contributed by atoms with E-state index in [1.54, 1.807) is 12.5 Å². The van der Waals surface area contributed by atoms with Gasteiger partial charge in [0.1, 0.15) is 0 Å². The van der Waals surface area contributed by atoms with E-state index in [0.29, 0.717) is 13.1 Å². The third-order valence-corrected chi connectivity index (χ3v) is 2.92. The monoisotopic (exact) mass is 238 g/mol. The number of aliphatic hydroxyl groups is 1. The van der Waals surface area contributed by atoms with Gasteiger partial charge in [0.25, 0.3) is 0 Å². The Hall–Kier alpha value is -1.40. The lowest BCUT2D eigenvalue weighted by molar-refractivity contribution is -0.122. The number of carbonyl (C=O) groups excluding carboxylic acids is 1. The van der Waals surface area contributed by atoms with Crippen LogP contribution in [0.4, 0.5) is 0 Å². The van der Waals surface area contributed by atoms with Crippen LogP contribution in [0.15, 0.2) is 12.5 Å². The van der Waals surface area contributed by atoms with Crippen LogP contribution in [-0.4, -0.2) is 33.7 Å². The summed E-state index contributed by atoms with van der Waals surface area (Å²) in [6.07, 6.45) is 5.33. The molecular weight excluding hydrogens is 220 g/mol. The molecule has 0 bridgehead atoms. The Morgan fingerprint density at radius 2 is 2.47 bits per heavy atom. The number of aliphatic hydroxyl groups excluding tert-OH is 1. The van der Waals surface area contributed by atoms with E-state index in [4.69, 9.17) is 10.8 Å². The normalized spacial score (nSPS) is 16.8. The van der Waals surface area contributed by atoms with E-state index in [0.717, 1.165) is 18.5 Å². The summed E-state index contributed by atoms with van der Waals surface area (Å²) in [6, 6.07) is -0.420. The third kappa shape index (κ3) is 3.04. The van der Waals surface area contributed by atoms with E-state index in [-0.39, 0.29) is 18.4 Å². The topological polar surface area (TPSA) is 93.2 Å². The maximum atomic E-state index is 11.4. The van der Waals surface area contributed by atoms with Crippen molar-refractivity contribution in [2.45, 2.75) is 25.4 Å². The van der Waals surface area contributed by atoms with Crippen LogP contribution in [0.2, 0.25) is 0 Å². The molecule has 94 valence electrons. The number of hydrogen-bond donors (Lipinski definition) is 3. The van der Waals surface area contributed by atoms with Crippen molar-refractivity contribution in [2.24, 2.45) is 11.7 Å². The SMILES string of the molecule is NC(CO)c1cncn1CCNC(=O)C1CC1. The van der Waals surface area contributed by atoms with E-state index in [1.807, 2.05) is 4.57 Å². The van der Waals surface area contributed by atoms with Gasteiger partial charge < -0.3 is 20.7 Å². The maximum absolute atomic E-state index is 11.4. The molecule has 1 saturated carbocycles. The molecule has 4 N–H and O–H groups in total. The lowest BCUT2D eigenvalue weighted by Gasteiger charge is -2.12. The molecule has 1 unspecified atom stereocenters. The average Bonchev–Trinajstić information content (AvgIpc) is 3.08. The molecule has 17 heavy (non-hydrogen) atoms. The predicted octanol–water partition coefficient (Wildman–Crippen LogP) is -0.599. The van der Waals surface area contributed by atoms with Crippen LogP contribution in [-0.2, 0) is 11.3 Å². The van der Waals surface area contributed by atoms with Crippen molar-refractivity contribution in [2.75, 3.05) is 13.2 Å². The quantitative estimate of drug-likeness (QED) is 0.617. The van der Waals surface area contributed by atoms with Crippen molar-refractivity contribution >= 4 is 5.91 Å².